The molecule has 0 radical (unpaired) electrons. The Kier molecular flexibility index (Phi) is 5.68. The lowest BCUT2D eigenvalue weighted by molar-refractivity contribution is 0.0524. The zero-order valence-electron chi connectivity index (χ0n) is 19.4. The first kappa shape index (κ1) is 16.9. The van der Waals surface area contributed by atoms with Gasteiger partial charge in [-0.3, -0.25) is 4.98 Å². The predicted octanol–water partition coefficient (Wildman–Crippen LogP) is 5.46. The Bertz CT molecular complexity index is 894. The third-order valence-corrected chi connectivity index (χ3v) is 4.28. The quantitative estimate of drug-likeness (QED) is 0.602. The van der Waals surface area contributed by atoms with Crippen LogP contribution in [0.15, 0.2) is 24.3 Å². The van der Waals surface area contributed by atoms with Gasteiger partial charge in [0.05, 0.1) is 28.6 Å². The van der Waals surface area contributed by atoms with Crippen LogP contribution in [0.5, 0.6) is 0 Å². The van der Waals surface area contributed by atoms with Gasteiger partial charge >= 0.3 is 5.97 Å². The van der Waals surface area contributed by atoms with Crippen molar-refractivity contribution in [2.75, 3.05) is 13.6 Å². The molecule has 0 N–H and O–H groups in total. The number of methoxy groups -OCH3 is 1. The van der Waals surface area contributed by atoms with Gasteiger partial charge in [0.25, 0.3) is 0 Å². The van der Waals surface area contributed by atoms with E-state index >= 15 is 0 Å². The predicted molar refractivity (Wildman–Crippen MR) is 104 cm³/mol. The molecule has 0 aliphatic heterocycles. The van der Waals surface area contributed by atoms with Crippen molar-refractivity contribution in [3.05, 3.63) is 52.6 Å². The van der Waals surface area contributed by atoms with Crippen LogP contribution >= 0.6 is 0 Å². The summed E-state index contributed by atoms with van der Waals surface area (Å²) in [4.78, 5) is 17.7. The molecule has 5 heteroatoms. The van der Waals surface area contributed by atoms with Crippen molar-refractivity contribution < 1.29 is 22.8 Å². The number of pyridine rings is 1. The van der Waals surface area contributed by atoms with Crippen LogP contribution in [-0.2, 0) is 16.1 Å². The van der Waals surface area contributed by atoms with Crippen molar-refractivity contribution in [3.63, 3.8) is 0 Å². The normalized spacial score (nSPS) is 13.4. The number of hydrogen-bond donors (Lipinski definition) is 0. The summed E-state index contributed by atoms with van der Waals surface area (Å²) in [6.07, 6.45) is 0. The second-order valence-corrected chi connectivity index (χ2v) is 6.94. The summed E-state index contributed by atoms with van der Waals surface area (Å²) in [5, 5.41) is 0. The largest absolute Gasteiger partial charge is 0.462 e. The van der Waals surface area contributed by atoms with Crippen LogP contribution in [0.3, 0.4) is 0 Å². The van der Waals surface area contributed by atoms with Gasteiger partial charge in [-0.05, 0) is 36.5 Å². The number of carbonyl (C=O) groups is 1. The SMILES string of the molecule is [2H]C([2H])([2H])OCc1c(C(C)C)nc(C(C)C)c(C(=O)OCC)c1-c1ccc(F)cc1. The highest BCUT2D eigenvalue weighted by Crippen LogP contribution is 2.37. The van der Waals surface area contributed by atoms with E-state index in [4.69, 9.17) is 18.6 Å². The zero-order valence-corrected chi connectivity index (χ0v) is 16.4. The number of aromatic nitrogens is 1. The van der Waals surface area contributed by atoms with E-state index in [1.807, 2.05) is 27.7 Å². The second-order valence-electron chi connectivity index (χ2n) is 6.94. The fraction of sp³-hybridized carbons (Fsp3) is 0.455. The van der Waals surface area contributed by atoms with E-state index in [0.717, 1.165) is 0 Å². The monoisotopic (exact) mass is 376 g/mol. The fourth-order valence-electron chi connectivity index (χ4n) is 3.12. The molecule has 1 heterocycles. The Labute approximate surface area is 164 Å². The molecule has 0 aliphatic rings. The summed E-state index contributed by atoms with van der Waals surface area (Å²) in [5.74, 6) is -1.13. The van der Waals surface area contributed by atoms with Crippen LogP contribution in [-0.4, -0.2) is 24.6 Å². The van der Waals surface area contributed by atoms with Crippen molar-refractivity contribution in [2.45, 2.75) is 53.1 Å². The molecule has 4 nitrogen and oxygen atoms in total. The summed E-state index contributed by atoms with van der Waals surface area (Å²) in [7, 11) is -2.62. The molecule has 0 spiro atoms. The Morgan fingerprint density at radius 2 is 1.78 bits per heavy atom. The van der Waals surface area contributed by atoms with Gasteiger partial charge in [-0.25, -0.2) is 9.18 Å². The molecule has 0 aliphatic carbocycles. The highest BCUT2D eigenvalue weighted by Gasteiger charge is 2.28. The molecule has 1 aromatic carbocycles. The first-order valence-corrected chi connectivity index (χ1v) is 9.09. The average molecular weight is 376 g/mol. The zero-order chi connectivity index (χ0) is 22.6. The van der Waals surface area contributed by atoms with Gasteiger partial charge in [-0.1, -0.05) is 39.8 Å². The van der Waals surface area contributed by atoms with Crippen molar-refractivity contribution in [3.8, 4) is 11.1 Å². The van der Waals surface area contributed by atoms with E-state index in [9.17, 15) is 9.18 Å². The van der Waals surface area contributed by atoms with Gasteiger partial charge in [0.1, 0.15) is 5.82 Å². The standard InChI is InChI=1S/C22H28FNO3/c1-7-27-22(25)19-18(15-8-10-16(23)11-9-15)17(12-26-6)20(13(2)3)24-21(19)14(4)5/h8-11,13-14H,7,12H2,1-6H3/i6D3. The molecule has 0 amide bonds. The lowest BCUT2D eigenvalue weighted by atomic mass is 9.87. The molecule has 2 aromatic rings. The molecular weight excluding hydrogens is 345 g/mol. The van der Waals surface area contributed by atoms with E-state index in [1.165, 1.54) is 12.1 Å². The molecular formula is C22H28FNO3. The number of carbonyl (C=O) groups excluding carboxylic acids is 1. The van der Waals surface area contributed by atoms with Crippen molar-refractivity contribution in [1.82, 2.24) is 4.98 Å². The second kappa shape index (κ2) is 9.09. The van der Waals surface area contributed by atoms with Crippen LogP contribution < -0.4 is 0 Å². The molecule has 0 atom stereocenters. The Morgan fingerprint density at radius 3 is 2.30 bits per heavy atom. The molecule has 0 saturated heterocycles. The summed E-state index contributed by atoms with van der Waals surface area (Å²) in [5.41, 5.74) is 2.96. The molecule has 27 heavy (non-hydrogen) atoms. The lowest BCUT2D eigenvalue weighted by Gasteiger charge is -2.23. The van der Waals surface area contributed by atoms with Crippen LogP contribution in [0, 0.1) is 5.82 Å². The summed E-state index contributed by atoms with van der Waals surface area (Å²) >= 11 is 0. The maximum absolute atomic E-state index is 13.6. The number of ether oxygens (including phenoxy) is 2. The maximum atomic E-state index is 13.6. The molecule has 0 unspecified atom stereocenters. The molecule has 0 bridgehead atoms. The number of nitrogens with zero attached hydrogens (tertiary/aromatic N) is 1. The summed E-state index contributed by atoms with van der Waals surface area (Å²) in [6, 6.07) is 5.70. The van der Waals surface area contributed by atoms with Crippen LogP contribution in [0.4, 0.5) is 4.39 Å². The van der Waals surface area contributed by atoms with Crippen LogP contribution in [0.2, 0.25) is 0 Å². The van der Waals surface area contributed by atoms with Crippen molar-refractivity contribution in [1.29, 1.82) is 0 Å². The smallest absolute Gasteiger partial charge is 0.340 e. The highest BCUT2D eigenvalue weighted by atomic mass is 19.1. The maximum Gasteiger partial charge on any atom is 0.340 e. The number of benzene rings is 1. The van der Waals surface area contributed by atoms with Gasteiger partial charge in [-0.2, -0.15) is 0 Å². The lowest BCUT2D eigenvalue weighted by Crippen LogP contribution is -2.18. The molecule has 0 fully saturated rings. The van der Waals surface area contributed by atoms with Gasteiger partial charge in [-0.15, -0.1) is 0 Å². The Hall–Kier alpha value is -2.27. The van der Waals surface area contributed by atoms with Crippen molar-refractivity contribution >= 4 is 5.97 Å². The fourth-order valence-corrected chi connectivity index (χ4v) is 3.12. The van der Waals surface area contributed by atoms with Gasteiger partial charge in [0, 0.05) is 23.9 Å². The van der Waals surface area contributed by atoms with E-state index in [1.54, 1.807) is 19.1 Å². The van der Waals surface area contributed by atoms with Crippen LogP contribution in [0.1, 0.15) is 77.9 Å². The first-order valence-electron chi connectivity index (χ1n) is 10.6. The minimum absolute atomic E-state index is 0.0619. The third-order valence-electron chi connectivity index (χ3n) is 4.28. The van der Waals surface area contributed by atoms with Gasteiger partial charge in [0.2, 0.25) is 0 Å². The molecule has 1 aromatic heterocycles. The van der Waals surface area contributed by atoms with E-state index in [-0.39, 0.29) is 30.6 Å². The van der Waals surface area contributed by atoms with E-state index < -0.39 is 18.8 Å². The number of hydrogen-bond acceptors (Lipinski definition) is 4. The van der Waals surface area contributed by atoms with Gasteiger partial charge < -0.3 is 9.47 Å². The first-order chi connectivity index (χ1) is 14.0. The molecule has 2 rings (SSSR count). The average Bonchev–Trinajstić information content (AvgIpc) is 2.65. The summed E-state index contributed by atoms with van der Waals surface area (Å²) in [6.45, 7) is 9.32. The third kappa shape index (κ3) is 4.53. The van der Waals surface area contributed by atoms with Crippen molar-refractivity contribution in [2.24, 2.45) is 0 Å². The van der Waals surface area contributed by atoms with E-state index in [2.05, 4.69) is 0 Å². The highest BCUT2D eigenvalue weighted by molar-refractivity contribution is 5.99. The number of rotatable bonds is 7. The molecule has 0 saturated carbocycles. The topological polar surface area (TPSA) is 48.4 Å². The van der Waals surface area contributed by atoms with Gasteiger partial charge in [0.15, 0.2) is 0 Å². The Morgan fingerprint density at radius 1 is 1.15 bits per heavy atom. The summed E-state index contributed by atoms with van der Waals surface area (Å²) < 4.78 is 46.3. The minimum atomic E-state index is -2.62. The molecule has 146 valence electrons. The number of esters is 1. The minimum Gasteiger partial charge on any atom is -0.462 e. The van der Waals surface area contributed by atoms with E-state index in [0.29, 0.717) is 28.1 Å². The Balaban J connectivity index is 2.93. The number of halogens is 1. The van der Waals surface area contributed by atoms with Crippen LogP contribution in [0.25, 0.3) is 11.1 Å².